The summed E-state index contributed by atoms with van der Waals surface area (Å²) >= 11 is 0. The van der Waals surface area contributed by atoms with Crippen LogP contribution in [0.5, 0.6) is 0 Å². The molecule has 0 unspecified atom stereocenters. The van der Waals surface area contributed by atoms with Crippen molar-refractivity contribution in [3.05, 3.63) is 0 Å². The molecular weight excluding hydrogens is 284 g/mol. The van der Waals surface area contributed by atoms with E-state index in [4.69, 9.17) is 0 Å². The molecule has 0 saturated heterocycles. The monoisotopic (exact) mass is 283 g/mol. The summed E-state index contributed by atoms with van der Waals surface area (Å²) in [7, 11) is 0. The Kier molecular flexibility index (Phi) is 170. The van der Waals surface area contributed by atoms with Crippen LogP contribution in [0.15, 0.2) is 0 Å². The van der Waals surface area contributed by atoms with Crippen molar-refractivity contribution in [2.75, 3.05) is 0 Å². The third-order valence-electron chi connectivity index (χ3n) is 0. The van der Waals surface area contributed by atoms with Crippen molar-refractivity contribution in [2.24, 2.45) is 0 Å². The normalized spacial score (nSPS) is 0. The number of hydrogen-bond acceptors (Lipinski definition) is 0. The van der Waals surface area contributed by atoms with Crippen LogP contribution in [0, 0.1) is 0 Å². The van der Waals surface area contributed by atoms with Gasteiger partial charge in [-0.15, -0.1) is 0 Å². The summed E-state index contributed by atoms with van der Waals surface area (Å²) in [6.45, 7) is 0. The van der Waals surface area contributed by atoms with Crippen molar-refractivity contribution in [1.29, 1.82) is 0 Å². The molecule has 4 heavy (non-hydrogen) atoms. The average Bonchev–Trinajstić information content (AvgIpc) is 0. The van der Waals surface area contributed by atoms with Gasteiger partial charge in [-0.05, 0) is 0 Å². The number of rotatable bonds is 0. The zero-order valence-corrected chi connectivity index (χ0v) is 5.89. The SMILES string of the molecule is [Co].[Cu].[Ni].[Rh]. The van der Waals surface area contributed by atoms with Crippen molar-refractivity contribution >= 4 is 0 Å². The molecule has 0 heterocycles. The minimum atomic E-state index is 0. The van der Waals surface area contributed by atoms with Crippen LogP contribution < -0.4 is 0 Å². The fourth-order valence-electron chi connectivity index (χ4n) is 0. The summed E-state index contributed by atoms with van der Waals surface area (Å²) in [5.74, 6) is 0. The third-order valence-corrected chi connectivity index (χ3v) is 0. The fraction of sp³-hybridized carbons (Fsp3) is 0. The Morgan fingerprint density at radius 1 is 1.00 bits per heavy atom. The van der Waals surface area contributed by atoms with E-state index in [0.29, 0.717) is 0 Å². The van der Waals surface area contributed by atoms with Gasteiger partial charge in [-0.3, -0.25) is 0 Å². The van der Waals surface area contributed by atoms with Gasteiger partial charge >= 0.3 is 0 Å². The standard InChI is InChI=1S/Co.Cu.Ni.Rh. The Balaban J connectivity index is 0. The summed E-state index contributed by atoms with van der Waals surface area (Å²) in [6, 6.07) is 0. The molecule has 0 aliphatic heterocycles. The van der Waals surface area contributed by atoms with Gasteiger partial charge in [-0.25, -0.2) is 0 Å². The van der Waals surface area contributed by atoms with Gasteiger partial charge in [0.05, 0.1) is 0 Å². The largest absolute Gasteiger partial charge is 0 e. The van der Waals surface area contributed by atoms with Crippen LogP contribution in [-0.4, -0.2) is 0 Å². The molecule has 0 N–H and O–H groups in total. The van der Waals surface area contributed by atoms with Gasteiger partial charge in [-0.1, -0.05) is 0 Å². The van der Waals surface area contributed by atoms with Crippen LogP contribution >= 0.6 is 0 Å². The second-order valence-corrected chi connectivity index (χ2v) is 0. The maximum absolute atomic E-state index is 0. The van der Waals surface area contributed by atoms with E-state index in [2.05, 4.69) is 0 Å². The molecule has 39 valence electrons. The van der Waals surface area contributed by atoms with Gasteiger partial charge in [0.15, 0.2) is 0 Å². The molecule has 0 spiro atoms. The molecule has 0 aliphatic rings. The first kappa shape index (κ1) is 35.4. The zero-order chi connectivity index (χ0) is 0. The molecule has 0 aromatic carbocycles. The summed E-state index contributed by atoms with van der Waals surface area (Å²) in [6.07, 6.45) is 0. The second kappa shape index (κ2) is 19.2. The Bertz CT molecular complexity index is 8.00. The van der Waals surface area contributed by atoms with Crippen LogP contribution in [-0.2, 0) is 69.8 Å². The quantitative estimate of drug-likeness (QED) is 0.549. The summed E-state index contributed by atoms with van der Waals surface area (Å²) in [5, 5.41) is 0. The van der Waals surface area contributed by atoms with Gasteiger partial charge in [0.1, 0.15) is 0 Å². The van der Waals surface area contributed by atoms with Gasteiger partial charge in [-0.2, -0.15) is 0 Å². The predicted octanol–water partition coefficient (Wildman–Crippen LogP) is -0.0100. The van der Waals surface area contributed by atoms with E-state index < -0.39 is 0 Å². The topological polar surface area (TPSA) is 0 Å². The molecule has 0 fully saturated rings. The molecule has 4 heteroatoms. The van der Waals surface area contributed by atoms with Crippen molar-refractivity contribution in [1.82, 2.24) is 0 Å². The fourth-order valence-corrected chi connectivity index (χ4v) is 0. The Morgan fingerprint density at radius 3 is 1.00 bits per heavy atom. The molecule has 0 amide bonds. The molecule has 0 aromatic rings. The molecule has 0 aliphatic carbocycles. The first-order chi connectivity index (χ1) is 0. The Morgan fingerprint density at radius 2 is 1.00 bits per heavy atom. The second-order valence-electron chi connectivity index (χ2n) is 0. The van der Waals surface area contributed by atoms with Gasteiger partial charge in [0, 0.05) is 69.8 Å². The minimum Gasteiger partial charge on any atom is 0 e. The van der Waals surface area contributed by atoms with Crippen molar-refractivity contribution < 1.29 is 69.8 Å². The smallest absolute Gasteiger partial charge is 0 e. The predicted molar refractivity (Wildman–Crippen MR) is 0 cm³/mol. The van der Waals surface area contributed by atoms with Crippen LogP contribution in [0.3, 0.4) is 0 Å². The third kappa shape index (κ3) is 8.91. The molecule has 0 atom stereocenters. The van der Waals surface area contributed by atoms with Gasteiger partial charge < -0.3 is 0 Å². The van der Waals surface area contributed by atoms with Crippen LogP contribution in [0.2, 0.25) is 0 Å². The van der Waals surface area contributed by atoms with Crippen molar-refractivity contribution in [3.63, 3.8) is 0 Å². The van der Waals surface area contributed by atoms with Crippen molar-refractivity contribution in [2.45, 2.75) is 0 Å². The Labute approximate surface area is 69.2 Å². The molecular formula is CoCuNiRh. The molecule has 0 aromatic heterocycles. The first-order valence-electron chi connectivity index (χ1n) is 0. The van der Waals surface area contributed by atoms with Crippen LogP contribution in [0.4, 0.5) is 0 Å². The van der Waals surface area contributed by atoms with Gasteiger partial charge in [0.25, 0.3) is 0 Å². The van der Waals surface area contributed by atoms with Gasteiger partial charge in [0.2, 0.25) is 0 Å². The molecule has 3 radical (unpaired) electrons. The summed E-state index contributed by atoms with van der Waals surface area (Å²) in [4.78, 5) is 0. The van der Waals surface area contributed by atoms with E-state index in [1.807, 2.05) is 0 Å². The maximum Gasteiger partial charge on any atom is 0 e. The summed E-state index contributed by atoms with van der Waals surface area (Å²) in [5.41, 5.74) is 0. The summed E-state index contributed by atoms with van der Waals surface area (Å²) < 4.78 is 0. The average molecular weight is 284 g/mol. The zero-order valence-electron chi connectivity index (χ0n) is 1.28. The van der Waals surface area contributed by atoms with E-state index in [1.54, 1.807) is 0 Å². The van der Waals surface area contributed by atoms with E-state index in [1.165, 1.54) is 0 Å². The molecule has 0 rings (SSSR count). The first-order valence-corrected chi connectivity index (χ1v) is 0. The van der Waals surface area contributed by atoms with E-state index in [0.717, 1.165) is 0 Å². The maximum atomic E-state index is 0. The number of hydrogen-bond donors (Lipinski definition) is 0. The molecule has 0 nitrogen and oxygen atoms in total. The van der Waals surface area contributed by atoms with Crippen molar-refractivity contribution in [3.8, 4) is 0 Å². The van der Waals surface area contributed by atoms with Crippen LogP contribution in [0.1, 0.15) is 0 Å². The van der Waals surface area contributed by atoms with E-state index >= 15 is 0 Å². The minimum absolute atomic E-state index is 0. The molecule has 0 saturated carbocycles. The van der Waals surface area contributed by atoms with Crippen LogP contribution in [0.25, 0.3) is 0 Å². The Hall–Kier alpha value is 2.14. The van der Waals surface area contributed by atoms with E-state index in [9.17, 15) is 0 Å². The van der Waals surface area contributed by atoms with E-state index in [-0.39, 0.29) is 69.8 Å². The molecule has 0 bridgehead atoms.